The molecule has 6 nitrogen and oxygen atoms in total. The maximum absolute atomic E-state index is 8.74. The summed E-state index contributed by atoms with van der Waals surface area (Å²) in [6, 6.07) is 12.4. The van der Waals surface area contributed by atoms with Crippen molar-refractivity contribution in [3.8, 4) is 23.5 Å². The predicted molar refractivity (Wildman–Crippen MR) is 70.4 cm³/mol. The van der Waals surface area contributed by atoms with E-state index in [2.05, 4.69) is 21.1 Å². The molecule has 96 valence electrons. The molecule has 0 unspecified atom stereocenters. The first-order valence-corrected chi connectivity index (χ1v) is 5.85. The molecule has 6 heteroatoms. The predicted octanol–water partition coefficient (Wildman–Crippen LogP) is 2.33. The maximum atomic E-state index is 8.74. The number of hydrogen-bond acceptors (Lipinski definition) is 5. The molecular weight excluding hydrogens is 254 g/mol. The van der Waals surface area contributed by atoms with Crippen molar-refractivity contribution in [2.75, 3.05) is 0 Å². The van der Waals surface area contributed by atoms with Gasteiger partial charge in [0.15, 0.2) is 5.82 Å². The molecule has 20 heavy (non-hydrogen) atoms. The summed E-state index contributed by atoms with van der Waals surface area (Å²) in [5, 5.41) is 12.8. The minimum absolute atomic E-state index is 0.412. The van der Waals surface area contributed by atoms with Gasteiger partial charge in [-0.15, -0.1) is 0 Å². The van der Waals surface area contributed by atoms with E-state index < -0.39 is 0 Å². The van der Waals surface area contributed by atoms with E-state index in [0.717, 1.165) is 0 Å². The molecule has 0 fully saturated rings. The molecule has 0 aliphatic heterocycles. The molecule has 0 saturated heterocycles. The number of nitriles is 1. The molecule has 3 rings (SSSR count). The minimum atomic E-state index is 0.412. The van der Waals surface area contributed by atoms with Crippen LogP contribution in [0.3, 0.4) is 0 Å². The van der Waals surface area contributed by atoms with Crippen molar-refractivity contribution in [3.05, 3.63) is 60.7 Å². The lowest BCUT2D eigenvalue weighted by Gasteiger charge is -2.06. The van der Waals surface area contributed by atoms with Gasteiger partial charge in [0.1, 0.15) is 12.1 Å². The number of hydrogen-bond donors (Lipinski definition) is 0. The van der Waals surface area contributed by atoms with Gasteiger partial charge in [-0.25, -0.2) is 14.6 Å². The summed E-state index contributed by atoms with van der Waals surface area (Å²) in [7, 11) is 0. The van der Waals surface area contributed by atoms with Crippen LogP contribution in [0.25, 0.3) is 5.82 Å². The van der Waals surface area contributed by atoms with Gasteiger partial charge >= 0.3 is 0 Å². The summed E-state index contributed by atoms with van der Waals surface area (Å²) >= 11 is 0. The van der Waals surface area contributed by atoms with Crippen LogP contribution in [0.15, 0.2) is 55.1 Å². The van der Waals surface area contributed by atoms with Gasteiger partial charge < -0.3 is 4.74 Å². The summed E-state index contributed by atoms with van der Waals surface area (Å²) < 4.78 is 7.23. The van der Waals surface area contributed by atoms with Crippen molar-refractivity contribution < 1.29 is 4.74 Å². The van der Waals surface area contributed by atoms with Crippen molar-refractivity contribution in [1.29, 1.82) is 5.26 Å². The second kappa shape index (κ2) is 5.20. The minimum Gasteiger partial charge on any atom is -0.439 e. The molecule has 2 aromatic heterocycles. The first kappa shape index (κ1) is 11.9. The molecular formula is C14H9N5O. The molecule has 0 spiro atoms. The Morgan fingerprint density at radius 3 is 2.70 bits per heavy atom. The first-order chi connectivity index (χ1) is 9.85. The first-order valence-electron chi connectivity index (χ1n) is 5.85. The monoisotopic (exact) mass is 263 g/mol. The molecule has 0 bridgehead atoms. The van der Waals surface area contributed by atoms with E-state index in [1.807, 2.05) is 6.07 Å². The average Bonchev–Trinajstić information content (AvgIpc) is 3.03. The zero-order valence-corrected chi connectivity index (χ0v) is 10.3. The van der Waals surface area contributed by atoms with Gasteiger partial charge in [-0.2, -0.15) is 10.4 Å². The lowest BCUT2D eigenvalue weighted by molar-refractivity contribution is 0.460. The molecule has 0 N–H and O–H groups in total. The third-order valence-corrected chi connectivity index (χ3v) is 2.57. The highest BCUT2D eigenvalue weighted by Crippen LogP contribution is 2.20. The Kier molecular flexibility index (Phi) is 3.08. The Morgan fingerprint density at radius 1 is 1.15 bits per heavy atom. The van der Waals surface area contributed by atoms with Crippen molar-refractivity contribution >= 4 is 0 Å². The molecule has 1 aromatic carbocycles. The van der Waals surface area contributed by atoms with Crippen LogP contribution in [0.5, 0.6) is 11.6 Å². The van der Waals surface area contributed by atoms with Gasteiger partial charge in [0.2, 0.25) is 5.88 Å². The zero-order valence-electron chi connectivity index (χ0n) is 10.3. The molecule has 0 radical (unpaired) electrons. The van der Waals surface area contributed by atoms with Crippen LogP contribution in [-0.4, -0.2) is 19.7 Å². The molecule has 0 aliphatic carbocycles. The second-order valence-corrected chi connectivity index (χ2v) is 3.90. The summed E-state index contributed by atoms with van der Waals surface area (Å²) in [6.45, 7) is 0. The Balaban J connectivity index is 1.84. The number of rotatable bonds is 3. The standard InChI is InChI=1S/C14H9N5O/c15-9-11-2-4-12(5-3-11)20-14-8-13(16-10-17-14)19-7-1-6-18-19/h1-8,10H. The van der Waals surface area contributed by atoms with E-state index in [1.165, 1.54) is 6.33 Å². The molecule has 3 aromatic rings. The molecule has 0 atom stereocenters. The number of ether oxygens (including phenoxy) is 1. The van der Waals surface area contributed by atoms with Gasteiger partial charge in [-0.05, 0) is 30.3 Å². The molecule has 0 aliphatic rings. The number of benzene rings is 1. The summed E-state index contributed by atoms with van der Waals surface area (Å²) in [4.78, 5) is 8.16. The molecule has 2 heterocycles. The van der Waals surface area contributed by atoms with E-state index in [1.54, 1.807) is 47.4 Å². The van der Waals surface area contributed by atoms with Crippen LogP contribution in [-0.2, 0) is 0 Å². The van der Waals surface area contributed by atoms with Gasteiger partial charge in [0.25, 0.3) is 0 Å². The van der Waals surface area contributed by atoms with E-state index in [-0.39, 0.29) is 0 Å². The summed E-state index contributed by atoms with van der Waals surface area (Å²) in [5.41, 5.74) is 0.581. The lowest BCUT2D eigenvalue weighted by Crippen LogP contribution is -1.99. The van der Waals surface area contributed by atoms with Crippen LogP contribution in [0.4, 0.5) is 0 Å². The van der Waals surface area contributed by atoms with Crippen molar-refractivity contribution in [3.63, 3.8) is 0 Å². The average molecular weight is 263 g/mol. The molecule has 0 saturated carbocycles. The van der Waals surface area contributed by atoms with Crippen molar-refractivity contribution in [2.24, 2.45) is 0 Å². The van der Waals surface area contributed by atoms with Gasteiger partial charge in [-0.3, -0.25) is 0 Å². The third-order valence-electron chi connectivity index (χ3n) is 2.57. The highest BCUT2D eigenvalue weighted by molar-refractivity contribution is 5.37. The maximum Gasteiger partial charge on any atom is 0.224 e. The van der Waals surface area contributed by atoms with E-state index in [0.29, 0.717) is 23.0 Å². The van der Waals surface area contributed by atoms with E-state index in [9.17, 15) is 0 Å². The normalized spacial score (nSPS) is 9.95. The zero-order chi connectivity index (χ0) is 13.8. The quantitative estimate of drug-likeness (QED) is 0.724. The largest absolute Gasteiger partial charge is 0.439 e. The van der Waals surface area contributed by atoms with E-state index in [4.69, 9.17) is 10.00 Å². The molecule has 0 amide bonds. The van der Waals surface area contributed by atoms with Gasteiger partial charge in [0, 0.05) is 18.5 Å². The number of aromatic nitrogens is 4. The van der Waals surface area contributed by atoms with Crippen molar-refractivity contribution in [1.82, 2.24) is 19.7 Å². The fourth-order valence-electron chi connectivity index (χ4n) is 1.63. The lowest BCUT2D eigenvalue weighted by atomic mass is 10.2. The highest BCUT2D eigenvalue weighted by Gasteiger charge is 2.03. The fraction of sp³-hybridized carbons (Fsp3) is 0. The van der Waals surface area contributed by atoms with Gasteiger partial charge in [-0.1, -0.05) is 0 Å². The Hall–Kier alpha value is -3.20. The summed E-state index contributed by atoms with van der Waals surface area (Å²) in [5.74, 6) is 1.64. The topological polar surface area (TPSA) is 76.6 Å². The van der Waals surface area contributed by atoms with Crippen LogP contribution in [0.1, 0.15) is 5.56 Å². The SMILES string of the molecule is N#Cc1ccc(Oc2cc(-n3cccn3)ncn2)cc1. The van der Waals surface area contributed by atoms with Crippen LogP contribution >= 0.6 is 0 Å². The summed E-state index contributed by atoms with van der Waals surface area (Å²) in [6.07, 6.45) is 4.87. The van der Waals surface area contributed by atoms with Gasteiger partial charge in [0.05, 0.1) is 11.6 Å². The smallest absolute Gasteiger partial charge is 0.224 e. The number of nitrogens with zero attached hydrogens (tertiary/aromatic N) is 5. The van der Waals surface area contributed by atoms with Crippen LogP contribution in [0.2, 0.25) is 0 Å². The van der Waals surface area contributed by atoms with Crippen LogP contribution < -0.4 is 4.74 Å². The van der Waals surface area contributed by atoms with Crippen LogP contribution in [0, 0.1) is 11.3 Å². The van der Waals surface area contributed by atoms with Crippen molar-refractivity contribution in [2.45, 2.75) is 0 Å². The Bertz CT molecular complexity index is 744. The highest BCUT2D eigenvalue weighted by atomic mass is 16.5. The third kappa shape index (κ3) is 2.47. The van der Waals surface area contributed by atoms with E-state index >= 15 is 0 Å². The Morgan fingerprint density at radius 2 is 2.00 bits per heavy atom. The Labute approximate surface area is 114 Å². The fourth-order valence-corrected chi connectivity index (χ4v) is 1.63. The second-order valence-electron chi connectivity index (χ2n) is 3.90.